The Morgan fingerprint density at radius 1 is 0.690 bits per heavy atom. The Kier molecular flexibility index (Phi) is 12.2. The van der Waals surface area contributed by atoms with Crippen LogP contribution in [-0.4, -0.2) is 91.9 Å². The second kappa shape index (κ2) is 16.0. The van der Waals surface area contributed by atoms with Crippen LogP contribution in [0, 0.1) is 40.5 Å². The first kappa shape index (κ1) is 32.0. The largest absolute Gasteiger partial charge is 0.488 e. The van der Waals surface area contributed by atoms with E-state index < -0.39 is 54.2 Å². The maximum absolute atomic E-state index is 11.7. The molecule has 1 heterocycles. The highest BCUT2D eigenvalue weighted by atomic mass is 16.6. The molecule has 2 aromatic carbocycles. The number of anilines is 2. The Balaban J connectivity index is 1.87. The van der Waals surface area contributed by atoms with Gasteiger partial charge in [-0.1, -0.05) is 0 Å². The van der Waals surface area contributed by atoms with E-state index in [2.05, 4.69) is 5.32 Å². The molecule has 19 nitrogen and oxygen atoms in total. The molecule has 1 aliphatic rings. The van der Waals surface area contributed by atoms with Crippen molar-refractivity contribution in [3.8, 4) is 5.75 Å². The number of benzene rings is 2. The number of non-ortho nitro benzene ring substituents is 2. The molecule has 19 heteroatoms. The van der Waals surface area contributed by atoms with Crippen molar-refractivity contribution < 1.29 is 48.1 Å². The average molecular weight is 597 g/mol. The van der Waals surface area contributed by atoms with E-state index >= 15 is 0 Å². The summed E-state index contributed by atoms with van der Waals surface area (Å²) in [5, 5.41) is 48.5. The van der Waals surface area contributed by atoms with Crippen molar-refractivity contribution in [2.75, 3.05) is 71.4 Å². The third-order valence-corrected chi connectivity index (χ3v) is 5.55. The predicted molar refractivity (Wildman–Crippen MR) is 141 cm³/mol. The molecular weight excluding hydrogens is 570 g/mol. The Morgan fingerprint density at radius 2 is 1.21 bits per heavy atom. The lowest BCUT2D eigenvalue weighted by atomic mass is 10.1. The third kappa shape index (κ3) is 9.52. The second-order valence-corrected chi connectivity index (χ2v) is 8.41. The van der Waals surface area contributed by atoms with Crippen molar-refractivity contribution in [2.24, 2.45) is 0 Å². The fraction of sp³-hybridized carbons (Fsp3) is 0.478. The van der Waals surface area contributed by atoms with E-state index in [1.165, 1.54) is 0 Å². The number of nitro benzene ring substituents is 4. The van der Waals surface area contributed by atoms with Crippen molar-refractivity contribution in [3.05, 3.63) is 70.8 Å². The molecule has 0 bridgehead atoms. The van der Waals surface area contributed by atoms with Crippen LogP contribution >= 0.6 is 0 Å². The molecule has 1 unspecified atom stereocenters. The molecule has 0 saturated carbocycles. The van der Waals surface area contributed by atoms with Crippen molar-refractivity contribution in [1.82, 2.24) is 0 Å². The van der Waals surface area contributed by atoms with Crippen LogP contribution < -0.4 is 10.1 Å². The molecule has 1 fully saturated rings. The summed E-state index contributed by atoms with van der Waals surface area (Å²) in [6, 6.07) is 4.30. The molecular formula is C23H27N5O14. The maximum atomic E-state index is 11.7. The SMILES string of the molecule is O=[N+]([O-])c1ccc(Nc2c([N+](=O)[O-])cc([N+](=O)[O-])cc2[N+](=O)[O-])c(OCC2COCCOCCOCCOCCO2)c1. The molecule has 1 N–H and O–H groups in total. The Hall–Kier alpha value is -4.56. The van der Waals surface area contributed by atoms with Gasteiger partial charge in [-0.05, 0) is 6.07 Å². The van der Waals surface area contributed by atoms with Crippen LogP contribution in [0.3, 0.4) is 0 Å². The van der Waals surface area contributed by atoms with Crippen LogP contribution in [0.25, 0.3) is 0 Å². The van der Waals surface area contributed by atoms with Gasteiger partial charge in [-0.3, -0.25) is 40.5 Å². The molecule has 0 spiro atoms. The summed E-state index contributed by atoms with van der Waals surface area (Å²) in [5.41, 5.74) is -4.03. The molecule has 228 valence electrons. The fourth-order valence-corrected chi connectivity index (χ4v) is 3.58. The first-order chi connectivity index (χ1) is 20.2. The van der Waals surface area contributed by atoms with E-state index in [1.807, 2.05) is 0 Å². The number of rotatable bonds is 9. The maximum Gasteiger partial charge on any atom is 0.306 e. The predicted octanol–water partition coefficient (Wildman–Crippen LogP) is 2.91. The van der Waals surface area contributed by atoms with Gasteiger partial charge in [0.25, 0.3) is 11.4 Å². The Morgan fingerprint density at radius 3 is 1.74 bits per heavy atom. The zero-order valence-corrected chi connectivity index (χ0v) is 22.0. The fourth-order valence-electron chi connectivity index (χ4n) is 3.58. The van der Waals surface area contributed by atoms with E-state index in [-0.39, 0.29) is 44.5 Å². The topological polar surface area (TPSA) is 240 Å². The summed E-state index contributed by atoms with van der Waals surface area (Å²) >= 11 is 0. The molecule has 2 aromatic rings. The quantitative estimate of drug-likeness (QED) is 0.323. The lowest BCUT2D eigenvalue weighted by Crippen LogP contribution is -2.29. The lowest BCUT2D eigenvalue weighted by Gasteiger charge is -2.20. The number of nitrogens with zero attached hydrogens (tertiary/aromatic N) is 4. The van der Waals surface area contributed by atoms with Crippen LogP contribution in [0.2, 0.25) is 0 Å². The van der Waals surface area contributed by atoms with Gasteiger partial charge in [0.05, 0.1) is 103 Å². The molecule has 0 amide bonds. The first-order valence-electron chi connectivity index (χ1n) is 12.4. The van der Waals surface area contributed by atoms with Crippen molar-refractivity contribution in [3.63, 3.8) is 0 Å². The zero-order chi connectivity index (χ0) is 30.5. The van der Waals surface area contributed by atoms with Crippen molar-refractivity contribution >= 4 is 34.1 Å². The molecule has 0 aromatic heterocycles. The Labute approximate surface area is 236 Å². The molecule has 1 aliphatic heterocycles. The van der Waals surface area contributed by atoms with Gasteiger partial charge in [0.15, 0.2) is 5.69 Å². The van der Waals surface area contributed by atoms with Crippen LogP contribution in [0.15, 0.2) is 30.3 Å². The molecule has 0 aliphatic carbocycles. The standard InChI is InChI=1S/C23H27N5O14/c29-25(30)16-1-2-19(24-23-20(27(33)34)11-17(26(31)32)12-21(23)28(35)36)22(13-16)42-15-18-14-40-8-7-38-4-3-37-5-6-39-9-10-41-18/h1-2,11-13,18,24H,3-10,14-15H2. The Bertz CT molecular complexity index is 1230. The summed E-state index contributed by atoms with van der Waals surface area (Å²) in [6.45, 7) is 2.21. The van der Waals surface area contributed by atoms with E-state index in [0.717, 1.165) is 18.2 Å². The summed E-state index contributed by atoms with van der Waals surface area (Å²) in [4.78, 5) is 42.2. The van der Waals surface area contributed by atoms with Crippen LogP contribution in [0.4, 0.5) is 34.1 Å². The lowest BCUT2D eigenvalue weighted by molar-refractivity contribution is -0.401. The first-order valence-corrected chi connectivity index (χ1v) is 12.4. The van der Waals surface area contributed by atoms with Gasteiger partial charge in [0.1, 0.15) is 18.5 Å². The third-order valence-electron chi connectivity index (χ3n) is 5.55. The number of hydrogen-bond acceptors (Lipinski definition) is 15. The van der Waals surface area contributed by atoms with Crippen molar-refractivity contribution in [1.29, 1.82) is 0 Å². The van der Waals surface area contributed by atoms with E-state index in [4.69, 9.17) is 28.4 Å². The van der Waals surface area contributed by atoms with Crippen LogP contribution in [0.5, 0.6) is 5.75 Å². The minimum Gasteiger partial charge on any atom is -0.488 e. The van der Waals surface area contributed by atoms with E-state index in [0.29, 0.717) is 45.2 Å². The highest BCUT2D eigenvalue weighted by Crippen LogP contribution is 2.42. The normalized spacial score (nSPS) is 17.3. The van der Waals surface area contributed by atoms with E-state index in [1.54, 1.807) is 0 Å². The average Bonchev–Trinajstić information content (AvgIpc) is 2.96. The highest BCUT2D eigenvalue weighted by molar-refractivity contribution is 5.83. The number of ether oxygens (including phenoxy) is 6. The monoisotopic (exact) mass is 597 g/mol. The molecule has 0 radical (unpaired) electrons. The summed E-state index contributed by atoms with van der Waals surface area (Å²) < 4.78 is 33.3. The van der Waals surface area contributed by atoms with Gasteiger partial charge in [-0.15, -0.1) is 0 Å². The van der Waals surface area contributed by atoms with Gasteiger partial charge in [-0.2, -0.15) is 0 Å². The van der Waals surface area contributed by atoms with Gasteiger partial charge < -0.3 is 33.7 Å². The van der Waals surface area contributed by atoms with Crippen LogP contribution in [0.1, 0.15) is 0 Å². The molecule has 3 rings (SSSR count). The van der Waals surface area contributed by atoms with Crippen molar-refractivity contribution in [2.45, 2.75) is 6.10 Å². The molecule has 42 heavy (non-hydrogen) atoms. The molecule has 1 saturated heterocycles. The minimum atomic E-state index is -1.03. The number of nitrogens with one attached hydrogen (secondary N) is 1. The second-order valence-electron chi connectivity index (χ2n) is 8.41. The summed E-state index contributed by atoms with van der Waals surface area (Å²) in [7, 11) is 0. The van der Waals surface area contributed by atoms with Gasteiger partial charge in [-0.25, -0.2) is 0 Å². The highest BCUT2D eigenvalue weighted by Gasteiger charge is 2.31. The van der Waals surface area contributed by atoms with E-state index in [9.17, 15) is 40.5 Å². The number of hydrogen-bond donors (Lipinski definition) is 1. The summed E-state index contributed by atoms with van der Waals surface area (Å²) in [5.74, 6) is -0.206. The summed E-state index contributed by atoms with van der Waals surface area (Å²) in [6.07, 6.45) is -0.704. The number of nitro groups is 4. The van der Waals surface area contributed by atoms with Crippen LogP contribution in [-0.2, 0) is 23.7 Å². The van der Waals surface area contributed by atoms with Gasteiger partial charge in [0.2, 0.25) is 0 Å². The smallest absolute Gasteiger partial charge is 0.306 e. The molecule has 1 atom stereocenters. The van der Waals surface area contributed by atoms with Gasteiger partial charge in [0, 0.05) is 6.07 Å². The zero-order valence-electron chi connectivity index (χ0n) is 22.0. The minimum absolute atomic E-state index is 0.0385. The van der Waals surface area contributed by atoms with Gasteiger partial charge >= 0.3 is 11.4 Å².